The summed E-state index contributed by atoms with van der Waals surface area (Å²) >= 11 is 0. The second-order valence-electron chi connectivity index (χ2n) is 10.5. The highest BCUT2D eigenvalue weighted by molar-refractivity contribution is 6.91. The van der Waals surface area contributed by atoms with Crippen LogP contribution >= 0.6 is 0 Å². The first-order valence-electron chi connectivity index (χ1n) is 10.4. The Morgan fingerprint density at radius 3 is 1.90 bits per heavy atom. The highest BCUT2D eigenvalue weighted by Gasteiger charge is 2.37. The molecule has 0 radical (unpaired) electrons. The highest BCUT2D eigenvalue weighted by atomic mass is 28.3. The maximum atomic E-state index is 10.7. The topological polar surface area (TPSA) is 38.7 Å². The zero-order valence-electron chi connectivity index (χ0n) is 19.8. The summed E-state index contributed by atoms with van der Waals surface area (Å²) < 4.78 is 12.3. The number of rotatable bonds is 5. The average molecular weight is 415 g/mol. The molecule has 29 heavy (non-hydrogen) atoms. The van der Waals surface area contributed by atoms with Gasteiger partial charge >= 0.3 is 0 Å². The molecule has 2 aromatic rings. The van der Waals surface area contributed by atoms with Gasteiger partial charge in [0.1, 0.15) is 25.3 Å². The first kappa shape index (κ1) is 23.3. The van der Waals surface area contributed by atoms with Crippen molar-refractivity contribution in [3.8, 4) is 17.2 Å². The van der Waals surface area contributed by atoms with Crippen LogP contribution in [0.3, 0.4) is 0 Å². The molecular weight excluding hydrogens is 376 g/mol. The van der Waals surface area contributed by atoms with Gasteiger partial charge in [-0.3, -0.25) is 0 Å². The van der Waals surface area contributed by atoms with E-state index in [2.05, 4.69) is 73.7 Å². The molecule has 0 spiro atoms. The van der Waals surface area contributed by atoms with E-state index in [0.29, 0.717) is 5.75 Å². The number of aromatic hydroxyl groups is 1. The van der Waals surface area contributed by atoms with E-state index in [9.17, 15) is 5.11 Å². The minimum atomic E-state index is -2.00. The van der Waals surface area contributed by atoms with Gasteiger partial charge in [-0.2, -0.15) is 0 Å². The summed E-state index contributed by atoms with van der Waals surface area (Å²) in [4.78, 5) is 0. The van der Waals surface area contributed by atoms with Crippen LogP contribution in [0.15, 0.2) is 36.4 Å². The Morgan fingerprint density at radius 1 is 0.828 bits per heavy atom. The predicted octanol–water partition coefficient (Wildman–Crippen LogP) is 5.92. The van der Waals surface area contributed by atoms with Gasteiger partial charge in [0.2, 0.25) is 0 Å². The quantitative estimate of drug-likeness (QED) is 0.617. The van der Waals surface area contributed by atoms with Crippen LogP contribution in [0, 0.1) is 0 Å². The molecule has 0 bridgehead atoms. The fraction of sp³-hybridized carbons (Fsp3) is 0.520. The van der Waals surface area contributed by atoms with Crippen molar-refractivity contribution in [1.82, 2.24) is 0 Å². The average Bonchev–Trinajstić information content (AvgIpc) is 2.60. The summed E-state index contributed by atoms with van der Waals surface area (Å²) in [7, 11) is -0.275. The number of phenols is 1. The summed E-state index contributed by atoms with van der Waals surface area (Å²) in [5, 5.41) is 11.9. The Hall–Kier alpha value is -1.94. The Labute approximate surface area is 178 Å². The van der Waals surface area contributed by atoms with E-state index >= 15 is 0 Å². The molecule has 0 fully saturated rings. The van der Waals surface area contributed by atoms with Crippen LogP contribution in [0.5, 0.6) is 17.2 Å². The van der Waals surface area contributed by atoms with Gasteiger partial charge in [0.25, 0.3) is 0 Å². The molecule has 0 amide bonds. The van der Waals surface area contributed by atoms with Crippen LogP contribution in [0.1, 0.15) is 59.6 Å². The lowest BCUT2D eigenvalue weighted by molar-refractivity contribution is 0.279. The molecule has 160 valence electrons. The van der Waals surface area contributed by atoms with Crippen molar-refractivity contribution in [2.45, 2.75) is 78.1 Å². The number of hydrogen-bond acceptors (Lipinski definition) is 3. The maximum Gasteiger partial charge on any atom is 0.132 e. The van der Waals surface area contributed by atoms with E-state index in [4.69, 9.17) is 9.47 Å². The van der Waals surface area contributed by atoms with Gasteiger partial charge in [0, 0.05) is 11.1 Å². The van der Waals surface area contributed by atoms with Gasteiger partial charge < -0.3 is 14.6 Å². The Balaban J connectivity index is 2.56. The third kappa shape index (κ3) is 4.80. The fourth-order valence-corrected chi connectivity index (χ4v) is 6.11. The van der Waals surface area contributed by atoms with Crippen LogP contribution in [0.25, 0.3) is 0 Å². The smallest absolute Gasteiger partial charge is 0.132 e. The van der Waals surface area contributed by atoms with Crippen molar-refractivity contribution in [3.05, 3.63) is 47.5 Å². The van der Waals surface area contributed by atoms with E-state index in [0.717, 1.165) is 22.6 Å². The van der Waals surface area contributed by atoms with Crippen LogP contribution in [0.2, 0.25) is 13.1 Å². The zero-order valence-corrected chi connectivity index (χ0v) is 20.8. The summed E-state index contributed by atoms with van der Waals surface area (Å²) in [5.41, 5.74) is 1.72. The normalized spacial score (nSPS) is 13.9. The number of methoxy groups -OCH3 is 1. The number of ether oxygens (including phenoxy) is 2. The Morgan fingerprint density at radius 2 is 1.38 bits per heavy atom. The predicted molar refractivity (Wildman–Crippen MR) is 126 cm³/mol. The fourth-order valence-electron chi connectivity index (χ4n) is 3.91. The SMILES string of the molecule is COc1ccccc1[Si](C)(C)C(C)Oc1ccc(O)c(C(C)(C)C)c1C(C)(C)C. The minimum Gasteiger partial charge on any atom is -0.508 e. The minimum absolute atomic E-state index is 0.0252. The molecule has 0 aliphatic heterocycles. The van der Waals surface area contributed by atoms with Gasteiger partial charge in [-0.05, 0) is 41.1 Å². The lowest BCUT2D eigenvalue weighted by Crippen LogP contribution is -2.54. The molecule has 0 aliphatic rings. The molecule has 0 saturated heterocycles. The van der Waals surface area contributed by atoms with Crippen molar-refractivity contribution in [2.24, 2.45) is 0 Å². The van der Waals surface area contributed by atoms with Gasteiger partial charge in [0.15, 0.2) is 0 Å². The molecule has 3 nitrogen and oxygen atoms in total. The summed E-state index contributed by atoms with van der Waals surface area (Å²) in [6, 6.07) is 12.0. The number of para-hydroxylation sites is 1. The Kier molecular flexibility index (Phi) is 6.48. The van der Waals surface area contributed by atoms with Gasteiger partial charge in [-0.1, -0.05) is 72.8 Å². The number of hydrogen-bond donors (Lipinski definition) is 1. The van der Waals surface area contributed by atoms with Crippen molar-refractivity contribution in [3.63, 3.8) is 0 Å². The van der Waals surface area contributed by atoms with Gasteiger partial charge in [-0.15, -0.1) is 0 Å². The third-order valence-electron chi connectivity index (χ3n) is 5.77. The first-order chi connectivity index (χ1) is 13.2. The number of phenolic OH excluding ortho intramolecular Hbond substituents is 1. The summed E-state index contributed by atoms with van der Waals surface area (Å²) in [6.45, 7) is 19.7. The van der Waals surface area contributed by atoms with Crippen molar-refractivity contribution >= 4 is 13.3 Å². The summed E-state index contributed by atoms with van der Waals surface area (Å²) in [5.74, 6) is 2.13. The maximum absolute atomic E-state index is 10.7. The summed E-state index contributed by atoms with van der Waals surface area (Å²) in [6.07, 6.45) is 0. The molecule has 0 aliphatic carbocycles. The van der Waals surface area contributed by atoms with Crippen molar-refractivity contribution in [1.29, 1.82) is 0 Å². The van der Waals surface area contributed by atoms with E-state index in [1.165, 1.54) is 5.19 Å². The largest absolute Gasteiger partial charge is 0.508 e. The van der Waals surface area contributed by atoms with Crippen LogP contribution < -0.4 is 14.7 Å². The Bertz CT molecular complexity index is 857. The zero-order chi connectivity index (χ0) is 22.2. The van der Waals surface area contributed by atoms with Crippen LogP contribution in [-0.4, -0.2) is 26.0 Å². The van der Waals surface area contributed by atoms with E-state index in [-0.39, 0.29) is 16.6 Å². The molecule has 4 heteroatoms. The molecule has 0 heterocycles. The highest BCUT2D eigenvalue weighted by Crippen LogP contribution is 2.44. The molecule has 1 unspecified atom stereocenters. The number of benzene rings is 2. The molecule has 1 atom stereocenters. The lowest BCUT2D eigenvalue weighted by Gasteiger charge is -2.36. The lowest BCUT2D eigenvalue weighted by atomic mass is 9.74. The van der Waals surface area contributed by atoms with Crippen molar-refractivity contribution < 1.29 is 14.6 Å². The molecular formula is C25H38O3Si. The van der Waals surface area contributed by atoms with E-state index in [1.807, 2.05) is 18.2 Å². The third-order valence-corrected chi connectivity index (χ3v) is 9.72. The van der Waals surface area contributed by atoms with Crippen LogP contribution in [-0.2, 0) is 10.8 Å². The van der Waals surface area contributed by atoms with Gasteiger partial charge in [0.05, 0.1) is 12.8 Å². The van der Waals surface area contributed by atoms with E-state index in [1.54, 1.807) is 13.2 Å². The molecule has 1 N–H and O–H groups in total. The monoisotopic (exact) mass is 414 g/mol. The van der Waals surface area contributed by atoms with Crippen molar-refractivity contribution in [2.75, 3.05) is 7.11 Å². The van der Waals surface area contributed by atoms with E-state index < -0.39 is 8.07 Å². The molecule has 2 rings (SSSR count). The molecule has 2 aromatic carbocycles. The first-order valence-corrected chi connectivity index (χ1v) is 13.5. The molecule has 0 saturated carbocycles. The molecule has 0 aromatic heterocycles. The standard InChI is InChI=1S/C25H38O3Si/c1-17(29(9,10)21-14-12-11-13-19(21)27-8)28-20-16-15-18(26)22(24(2,3)4)23(20)25(5,6)7/h11-17,26H,1-10H3. The van der Waals surface area contributed by atoms with Crippen LogP contribution in [0.4, 0.5) is 0 Å². The van der Waals surface area contributed by atoms with Gasteiger partial charge in [-0.25, -0.2) is 0 Å². The second kappa shape index (κ2) is 8.06. The second-order valence-corrected chi connectivity index (χ2v) is 15.3.